The molecular weight excluding hydrogens is 564 g/mol. The van der Waals surface area contributed by atoms with Gasteiger partial charge in [-0.15, -0.1) is 5.10 Å². The van der Waals surface area contributed by atoms with Crippen LogP contribution in [0, 0.1) is 13.8 Å². The monoisotopic (exact) mass is 604 g/mol. The van der Waals surface area contributed by atoms with E-state index in [9.17, 15) is 13.2 Å². The van der Waals surface area contributed by atoms with Crippen LogP contribution in [0.5, 0.6) is 0 Å². The van der Waals surface area contributed by atoms with Crippen molar-refractivity contribution in [3.63, 3.8) is 0 Å². The summed E-state index contributed by atoms with van der Waals surface area (Å²) in [5.41, 5.74) is 6.81. The quantitative estimate of drug-likeness (QED) is 0.258. The number of piperidine rings is 1. The number of hydrogen-bond acceptors (Lipinski definition) is 8. The van der Waals surface area contributed by atoms with E-state index in [2.05, 4.69) is 25.3 Å². The van der Waals surface area contributed by atoms with Gasteiger partial charge in [-0.3, -0.25) is 4.79 Å². The van der Waals surface area contributed by atoms with E-state index < -0.39 is 10.0 Å². The summed E-state index contributed by atoms with van der Waals surface area (Å²) in [5.74, 6) is -0.573. The maximum atomic E-state index is 13.4. The molecule has 0 spiro atoms. The number of esters is 1. The number of likely N-dealkylation sites (N-methyl/N-ethyl adjacent to an activating group) is 1. The molecule has 5 rings (SSSR count). The van der Waals surface area contributed by atoms with Gasteiger partial charge in [0.05, 0.1) is 17.6 Å². The number of fused-ring (bicyclic) bond motifs is 1. The largest absolute Gasteiger partial charge is 0.461 e. The number of para-hydroxylation sites is 1. The second-order valence-corrected chi connectivity index (χ2v) is 13.1. The van der Waals surface area contributed by atoms with E-state index in [-0.39, 0.29) is 35.9 Å². The molecule has 0 bridgehead atoms. The van der Waals surface area contributed by atoms with Gasteiger partial charge in [0, 0.05) is 33.1 Å². The molecule has 43 heavy (non-hydrogen) atoms. The fraction of sp³-hybridized carbons (Fsp3) is 0.406. The fourth-order valence-electron chi connectivity index (χ4n) is 5.91. The van der Waals surface area contributed by atoms with Gasteiger partial charge in [-0.25, -0.2) is 17.8 Å². The summed E-state index contributed by atoms with van der Waals surface area (Å²) in [6, 6.07) is 16.8. The minimum Gasteiger partial charge on any atom is -0.461 e. The van der Waals surface area contributed by atoms with Crippen molar-refractivity contribution < 1.29 is 17.9 Å². The maximum Gasteiger partial charge on any atom is 0.307 e. The number of hydrogen-bond donors (Lipinski definition) is 2. The van der Waals surface area contributed by atoms with Crippen molar-refractivity contribution in [1.82, 2.24) is 24.6 Å². The normalized spacial score (nSPS) is 16.7. The third-order valence-corrected chi connectivity index (χ3v) is 9.84. The van der Waals surface area contributed by atoms with E-state index >= 15 is 0 Å². The maximum absolute atomic E-state index is 13.4. The molecule has 0 saturated carbocycles. The predicted octanol–water partition coefficient (Wildman–Crippen LogP) is 4.26. The van der Waals surface area contributed by atoms with Gasteiger partial charge >= 0.3 is 5.97 Å². The van der Waals surface area contributed by atoms with Crippen molar-refractivity contribution in [2.45, 2.75) is 56.6 Å². The first-order chi connectivity index (χ1) is 20.6. The molecule has 1 aliphatic rings. The highest BCUT2D eigenvalue weighted by molar-refractivity contribution is 7.89. The second kappa shape index (κ2) is 12.8. The first-order valence-corrected chi connectivity index (χ1v) is 16.1. The molecular formula is C32H40N6O4S. The topological polar surface area (TPSA) is 118 Å². The lowest BCUT2D eigenvalue weighted by molar-refractivity contribution is -0.151. The van der Waals surface area contributed by atoms with Crippen LogP contribution in [0.4, 0.5) is 5.69 Å². The molecule has 1 fully saturated rings. The van der Waals surface area contributed by atoms with Crippen LogP contribution < -0.4 is 10.0 Å². The lowest BCUT2D eigenvalue weighted by atomic mass is 9.84. The van der Waals surface area contributed by atoms with E-state index in [0.29, 0.717) is 5.69 Å². The zero-order valence-electron chi connectivity index (χ0n) is 25.4. The lowest BCUT2D eigenvalue weighted by Gasteiger charge is -2.30. The van der Waals surface area contributed by atoms with Crippen LogP contribution in [0.25, 0.3) is 11.0 Å². The van der Waals surface area contributed by atoms with Crippen molar-refractivity contribution >= 4 is 32.7 Å². The van der Waals surface area contributed by atoms with E-state index in [1.807, 2.05) is 58.3 Å². The summed E-state index contributed by atoms with van der Waals surface area (Å²) < 4.78 is 36.9. The van der Waals surface area contributed by atoms with Crippen molar-refractivity contribution in [2.75, 3.05) is 32.5 Å². The van der Waals surface area contributed by atoms with Gasteiger partial charge in [0.15, 0.2) is 0 Å². The third kappa shape index (κ3) is 6.74. The highest BCUT2D eigenvalue weighted by Gasteiger charge is 2.27. The molecule has 1 saturated heterocycles. The highest BCUT2D eigenvalue weighted by Crippen LogP contribution is 2.35. The molecule has 0 amide bonds. The van der Waals surface area contributed by atoms with Gasteiger partial charge < -0.3 is 15.0 Å². The molecule has 1 aliphatic heterocycles. The Morgan fingerprint density at radius 3 is 2.67 bits per heavy atom. The first kappa shape index (κ1) is 30.7. The number of benzene rings is 3. The van der Waals surface area contributed by atoms with Crippen molar-refractivity contribution in [3.8, 4) is 0 Å². The van der Waals surface area contributed by atoms with Crippen LogP contribution in [0.1, 0.15) is 53.0 Å². The van der Waals surface area contributed by atoms with E-state index in [1.165, 1.54) is 0 Å². The molecule has 1 aromatic heterocycles. The molecule has 2 unspecified atom stereocenters. The Morgan fingerprint density at radius 1 is 1.12 bits per heavy atom. The van der Waals surface area contributed by atoms with Crippen LogP contribution >= 0.6 is 0 Å². The van der Waals surface area contributed by atoms with Crippen LogP contribution in [-0.4, -0.2) is 67.6 Å². The molecule has 228 valence electrons. The molecule has 2 N–H and O–H groups in total. The Labute approximate surface area is 253 Å². The summed E-state index contributed by atoms with van der Waals surface area (Å²) >= 11 is 0. The third-order valence-electron chi connectivity index (χ3n) is 8.38. The zero-order valence-corrected chi connectivity index (χ0v) is 26.2. The lowest BCUT2D eigenvalue weighted by Crippen LogP contribution is -2.38. The van der Waals surface area contributed by atoms with Gasteiger partial charge in [0.1, 0.15) is 16.5 Å². The molecule has 0 aliphatic carbocycles. The number of carbonyl (C=O) groups excluding carboxylic acids is 1. The Morgan fingerprint density at radius 2 is 1.91 bits per heavy atom. The number of anilines is 1. The van der Waals surface area contributed by atoms with Crippen LogP contribution in [0.3, 0.4) is 0 Å². The standard InChI is InChI=1S/C32H40N6O4S/c1-21-12-13-23(17-24(21)19-34-43(40,41)30-11-7-6-10-28(30)33-3)27(18-31(39)42-25-9-8-16-37(4)20-25)26-14-15-29-32(22(26)2)35-36-38(29)5/h6-7,10-15,17,25,27,33-34H,8-9,16,18-20H2,1-5H3. The number of likely N-dealkylation sites (tertiary alicyclic amines) is 1. The minimum atomic E-state index is -3.78. The Bertz CT molecular complexity index is 1740. The number of aromatic nitrogens is 3. The van der Waals surface area contributed by atoms with E-state index in [1.54, 1.807) is 36.0 Å². The molecule has 0 radical (unpaired) electrons. The van der Waals surface area contributed by atoms with Gasteiger partial charge in [-0.1, -0.05) is 41.6 Å². The van der Waals surface area contributed by atoms with Crippen LogP contribution in [0.2, 0.25) is 0 Å². The summed E-state index contributed by atoms with van der Waals surface area (Å²) in [6.07, 6.45) is 1.88. The second-order valence-electron chi connectivity index (χ2n) is 11.4. The average molecular weight is 605 g/mol. The molecule has 11 heteroatoms. The number of carbonyl (C=O) groups is 1. The van der Waals surface area contributed by atoms with Crippen LogP contribution in [-0.2, 0) is 33.1 Å². The van der Waals surface area contributed by atoms with Crippen molar-refractivity contribution in [2.24, 2.45) is 7.05 Å². The number of nitrogens with one attached hydrogen (secondary N) is 2. The SMILES string of the molecule is CNc1ccccc1S(=O)(=O)NCc1cc(C(CC(=O)OC2CCCN(C)C2)c2ccc3c(nnn3C)c2C)ccc1C. The van der Waals surface area contributed by atoms with Gasteiger partial charge in [-0.2, -0.15) is 0 Å². The summed E-state index contributed by atoms with van der Waals surface area (Å²) in [6.45, 7) is 5.79. The molecule has 2 heterocycles. The molecule has 4 aromatic rings. The number of nitrogens with zero attached hydrogens (tertiary/aromatic N) is 4. The fourth-order valence-corrected chi connectivity index (χ4v) is 7.12. The van der Waals surface area contributed by atoms with Crippen molar-refractivity contribution in [1.29, 1.82) is 0 Å². The Balaban J connectivity index is 1.46. The van der Waals surface area contributed by atoms with Crippen molar-refractivity contribution in [3.05, 3.63) is 82.4 Å². The smallest absolute Gasteiger partial charge is 0.307 e. The van der Waals surface area contributed by atoms with Gasteiger partial charge in [-0.05, 0) is 86.3 Å². The van der Waals surface area contributed by atoms with Gasteiger partial charge in [0.2, 0.25) is 10.0 Å². The highest BCUT2D eigenvalue weighted by atomic mass is 32.2. The zero-order chi connectivity index (χ0) is 30.7. The summed E-state index contributed by atoms with van der Waals surface area (Å²) in [7, 11) is 1.81. The summed E-state index contributed by atoms with van der Waals surface area (Å²) in [5, 5.41) is 11.5. The summed E-state index contributed by atoms with van der Waals surface area (Å²) in [4.78, 5) is 15.8. The Kier molecular flexibility index (Phi) is 9.14. The molecule has 10 nitrogen and oxygen atoms in total. The van der Waals surface area contributed by atoms with Crippen LogP contribution in [0.15, 0.2) is 59.5 Å². The molecule has 3 aromatic carbocycles. The predicted molar refractivity (Wildman–Crippen MR) is 168 cm³/mol. The van der Waals surface area contributed by atoms with Gasteiger partial charge in [0.25, 0.3) is 0 Å². The minimum absolute atomic E-state index is 0.105. The average Bonchev–Trinajstić information content (AvgIpc) is 3.37. The molecule has 2 atom stereocenters. The number of ether oxygens (including phenoxy) is 1. The first-order valence-electron chi connectivity index (χ1n) is 14.6. The number of sulfonamides is 1. The number of rotatable bonds is 10. The Hall–Kier alpha value is -3.80. The van der Waals surface area contributed by atoms with E-state index in [0.717, 1.165) is 64.8 Å². The number of aryl methyl sites for hydroxylation is 3. The van der Waals surface area contributed by atoms with E-state index in [4.69, 9.17) is 4.74 Å².